The van der Waals surface area contributed by atoms with Crippen LogP contribution < -0.4 is 10.1 Å². The summed E-state index contributed by atoms with van der Waals surface area (Å²) in [5.74, 6) is 1.07. The van der Waals surface area contributed by atoms with Crippen LogP contribution in [0.4, 0.5) is 0 Å². The van der Waals surface area contributed by atoms with E-state index in [-0.39, 0.29) is 17.9 Å². The molecule has 0 radical (unpaired) electrons. The van der Waals surface area contributed by atoms with Gasteiger partial charge < -0.3 is 10.1 Å². The molecule has 1 aromatic carbocycles. The van der Waals surface area contributed by atoms with E-state index in [0.717, 1.165) is 30.6 Å². The molecule has 1 amide bonds. The monoisotopic (exact) mass is 259 g/mol. The molecule has 1 aliphatic carbocycles. The minimum atomic E-state index is -0.0328. The molecule has 0 heterocycles. The second kappa shape index (κ2) is 6.41. The summed E-state index contributed by atoms with van der Waals surface area (Å²) in [6.07, 6.45) is 7.04. The lowest BCUT2D eigenvalue weighted by Crippen LogP contribution is -2.33. The maximum atomic E-state index is 12.2. The molecule has 0 saturated carbocycles. The van der Waals surface area contributed by atoms with Gasteiger partial charge in [-0.1, -0.05) is 30.4 Å². The van der Waals surface area contributed by atoms with E-state index >= 15 is 0 Å². The highest BCUT2D eigenvalue weighted by Crippen LogP contribution is 2.25. The zero-order valence-electron chi connectivity index (χ0n) is 11.6. The van der Waals surface area contributed by atoms with E-state index < -0.39 is 0 Å². The fourth-order valence-electron chi connectivity index (χ4n) is 2.46. The SMILES string of the molecule is COc1ccccc1[C@H](C)NC(=O)[C@H]1CC=CCC1. The van der Waals surface area contributed by atoms with Crippen LogP contribution in [0, 0.1) is 5.92 Å². The van der Waals surface area contributed by atoms with Crippen LogP contribution in [0.25, 0.3) is 0 Å². The molecule has 102 valence electrons. The Morgan fingerprint density at radius 3 is 2.84 bits per heavy atom. The van der Waals surface area contributed by atoms with Gasteiger partial charge in [0.25, 0.3) is 0 Å². The highest BCUT2D eigenvalue weighted by atomic mass is 16.5. The molecule has 3 heteroatoms. The summed E-state index contributed by atoms with van der Waals surface area (Å²) in [5.41, 5.74) is 1.02. The fraction of sp³-hybridized carbons (Fsp3) is 0.438. The molecule has 0 unspecified atom stereocenters. The van der Waals surface area contributed by atoms with Gasteiger partial charge in [0.05, 0.1) is 13.2 Å². The van der Waals surface area contributed by atoms with Gasteiger partial charge in [-0.2, -0.15) is 0 Å². The minimum Gasteiger partial charge on any atom is -0.496 e. The second-order valence-electron chi connectivity index (χ2n) is 4.95. The van der Waals surface area contributed by atoms with Crippen LogP contribution in [0.2, 0.25) is 0 Å². The van der Waals surface area contributed by atoms with Gasteiger partial charge in [-0.3, -0.25) is 4.79 Å². The van der Waals surface area contributed by atoms with Gasteiger partial charge in [-0.15, -0.1) is 0 Å². The average molecular weight is 259 g/mol. The number of carbonyl (C=O) groups is 1. The van der Waals surface area contributed by atoms with Crippen molar-refractivity contribution < 1.29 is 9.53 Å². The van der Waals surface area contributed by atoms with E-state index in [1.807, 2.05) is 31.2 Å². The van der Waals surface area contributed by atoms with Gasteiger partial charge >= 0.3 is 0 Å². The molecule has 1 aromatic rings. The number of rotatable bonds is 4. The molecular formula is C16H21NO2. The molecule has 0 bridgehead atoms. The number of nitrogens with one attached hydrogen (secondary N) is 1. The maximum Gasteiger partial charge on any atom is 0.223 e. The van der Waals surface area contributed by atoms with E-state index in [1.165, 1.54) is 0 Å². The van der Waals surface area contributed by atoms with E-state index in [9.17, 15) is 4.79 Å². The molecule has 0 fully saturated rings. The van der Waals surface area contributed by atoms with Gasteiger partial charge in [-0.25, -0.2) is 0 Å². The van der Waals surface area contributed by atoms with Crippen molar-refractivity contribution >= 4 is 5.91 Å². The van der Waals surface area contributed by atoms with Gasteiger partial charge in [0, 0.05) is 11.5 Å². The van der Waals surface area contributed by atoms with Crippen LogP contribution in [-0.2, 0) is 4.79 Å². The van der Waals surface area contributed by atoms with Crippen LogP contribution in [0.1, 0.15) is 37.8 Å². The molecular weight excluding hydrogens is 238 g/mol. The second-order valence-corrected chi connectivity index (χ2v) is 4.95. The summed E-state index contributed by atoms with van der Waals surface area (Å²) >= 11 is 0. The van der Waals surface area contributed by atoms with E-state index in [1.54, 1.807) is 7.11 Å². The predicted octanol–water partition coefficient (Wildman–Crippen LogP) is 3.23. The summed E-state index contributed by atoms with van der Waals surface area (Å²) in [7, 11) is 1.65. The number of amides is 1. The maximum absolute atomic E-state index is 12.2. The quantitative estimate of drug-likeness (QED) is 0.843. The normalized spacial score (nSPS) is 19.8. The van der Waals surface area contributed by atoms with Crippen molar-refractivity contribution in [3.63, 3.8) is 0 Å². The Labute approximate surface area is 114 Å². The number of hydrogen-bond acceptors (Lipinski definition) is 2. The molecule has 0 saturated heterocycles. The highest BCUT2D eigenvalue weighted by molar-refractivity contribution is 5.79. The fourth-order valence-corrected chi connectivity index (χ4v) is 2.46. The minimum absolute atomic E-state index is 0.0328. The Bertz CT molecular complexity index is 468. The Balaban J connectivity index is 2.02. The number of para-hydroxylation sites is 1. The smallest absolute Gasteiger partial charge is 0.223 e. The molecule has 0 spiro atoms. The van der Waals surface area contributed by atoms with Gasteiger partial charge in [0.1, 0.15) is 5.75 Å². The summed E-state index contributed by atoms with van der Waals surface area (Å²) < 4.78 is 5.33. The van der Waals surface area contributed by atoms with Crippen LogP contribution >= 0.6 is 0 Å². The third-order valence-electron chi connectivity index (χ3n) is 3.60. The zero-order valence-corrected chi connectivity index (χ0v) is 11.6. The Morgan fingerprint density at radius 1 is 1.37 bits per heavy atom. The number of ether oxygens (including phenoxy) is 1. The van der Waals surface area contributed by atoms with Crippen molar-refractivity contribution in [1.82, 2.24) is 5.32 Å². The van der Waals surface area contributed by atoms with Gasteiger partial charge in [-0.05, 0) is 32.3 Å². The van der Waals surface area contributed by atoms with Crippen molar-refractivity contribution in [2.45, 2.75) is 32.2 Å². The summed E-state index contributed by atoms with van der Waals surface area (Å²) in [4.78, 5) is 12.2. The van der Waals surface area contributed by atoms with Crippen LogP contribution in [-0.4, -0.2) is 13.0 Å². The van der Waals surface area contributed by atoms with E-state index in [0.29, 0.717) is 0 Å². The van der Waals surface area contributed by atoms with Gasteiger partial charge in [0.2, 0.25) is 5.91 Å². The van der Waals surface area contributed by atoms with Crippen molar-refractivity contribution in [3.05, 3.63) is 42.0 Å². The topological polar surface area (TPSA) is 38.3 Å². The summed E-state index contributed by atoms with van der Waals surface area (Å²) in [6.45, 7) is 1.99. The standard InChI is InChI=1S/C16H21NO2/c1-12(14-10-6-7-11-15(14)19-2)17-16(18)13-8-4-3-5-9-13/h3-4,6-7,10-13H,5,8-9H2,1-2H3,(H,17,18)/t12-,13-/m0/s1. The van der Waals surface area contributed by atoms with Crippen molar-refractivity contribution in [3.8, 4) is 5.75 Å². The largest absolute Gasteiger partial charge is 0.496 e. The molecule has 19 heavy (non-hydrogen) atoms. The summed E-state index contributed by atoms with van der Waals surface area (Å²) in [6, 6.07) is 7.77. The highest BCUT2D eigenvalue weighted by Gasteiger charge is 2.21. The Kier molecular flexibility index (Phi) is 4.61. The lowest BCUT2D eigenvalue weighted by Gasteiger charge is -2.22. The van der Waals surface area contributed by atoms with Gasteiger partial charge in [0.15, 0.2) is 0 Å². The first-order chi connectivity index (χ1) is 9.22. The van der Waals surface area contributed by atoms with Crippen LogP contribution in [0.3, 0.4) is 0 Å². The molecule has 1 N–H and O–H groups in total. The van der Waals surface area contributed by atoms with Crippen LogP contribution in [0.5, 0.6) is 5.75 Å². The molecule has 0 aliphatic heterocycles. The van der Waals surface area contributed by atoms with E-state index in [4.69, 9.17) is 4.74 Å². The molecule has 2 atom stereocenters. The predicted molar refractivity (Wildman–Crippen MR) is 76.0 cm³/mol. The van der Waals surface area contributed by atoms with Crippen molar-refractivity contribution in [2.75, 3.05) is 7.11 Å². The first-order valence-electron chi connectivity index (χ1n) is 6.80. The summed E-state index contributed by atoms with van der Waals surface area (Å²) in [5, 5.41) is 3.09. The lowest BCUT2D eigenvalue weighted by molar-refractivity contribution is -0.125. The zero-order chi connectivity index (χ0) is 13.7. The number of allylic oxidation sites excluding steroid dienone is 2. The first kappa shape index (κ1) is 13.7. The molecule has 1 aliphatic rings. The lowest BCUT2D eigenvalue weighted by atomic mass is 9.93. The Morgan fingerprint density at radius 2 is 2.16 bits per heavy atom. The van der Waals surface area contributed by atoms with Crippen molar-refractivity contribution in [2.24, 2.45) is 5.92 Å². The molecule has 2 rings (SSSR count). The third-order valence-corrected chi connectivity index (χ3v) is 3.60. The van der Waals surface area contributed by atoms with Crippen molar-refractivity contribution in [1.29, 1.82) is 0 Å². The Hall–Kier alpha value is -1.77. The number of carbonyl (C=O) groups excluding carboxylic acids is 1. The first-order valence-corrected chi connectivity index (χ1v) is 6.80. The van der Waals surface area contributed by atoms with E-state index in [2.05, 4.69) is 17.5 Å². The number of methoxy groups -OCH3 is 1. The molecule has 3 nitrogen and oxygen atoms in total. The number of benzene rings is 1. The third kappa shape index (κ3) is 3.37. The molecule has 0 aromatic heterocycles. The van der Waals surface area contributed by atoms with Crippen LogP contribution in [0.15, 0.2) is 36.4 Å². The number of hydrogen-bond donors (Lipinski definition) is 1. The average Bonchev–Trinajstić information content (AvgIpc) is 2.48.